The quantitative estimate of drug-likeness (QED) is 0.771. The zero-order valence-electron chi connectivity index (χ0n) is 7.99. The van der Waals surface area contributed by atoms with E-state index >= 15 is 0 Å². The van der Waals surface area contributed by atoms with E-state index in [0.29, 0.717) is 6.73 Å². The number of nitrogens with zero attached hydrogens (tertiary/aromatic N) is 1. The molecule has 2 rings (SSSR count). The summed E-state index contributed by atoms with van der Waals surface area (Å²) in [5.41, 5.74) is 1.29. The van der Waals surface area contributed by atoms with E-state index in [1.54, 1.807) is 11.8 Å². The minimum absolute atomic E-state index is 0.504. The molecule has 0 atom stereocenters. The maximum Gasteiger partial charge on any atom is 0.188 e. The molecule has 1 aromatic rings. The van der Waals surface area contributed by atoms with E-state index in [9.17, 15) is 0 Å². The number of hydrogen-bond acceptors (Lipinski definition) is 4. The molecule has 1 N–H and O–H groups in total. The Kier molecular flexibility index (Phi) is 2.93. The van der Waals surface area contributed by atoms with Crippen LogP contribution < -0.4 is 5.32 Å². The van der Waals surface area contributed by atoms with Crippen LogP contribution in [0, 0.1) is 6.92 Å². The highest BCUT2D eigenvalue weighted by atomic mass is 32.2. The lowest BCUT2D eigenvalue weighted by molar-refractivity contribution is 0.164. The highest BCUT2D eigenvalue weighted by Crippen LogP contribution is 2.18. The molecule has 1 aromatic carbocycles. The molecule has 0 radical (unpaired) electrons. The summed E-state index contributed by atoms with van der Waals surface area (Å²) in [5, 5.41) is 6.90. The van der Waals surface area contributed by atoms with Crippen LogP contribution in [0.15, 0.2) is 34.3 Å². The van der Waals surface area contributed by atoms with Gasteiger partial charge in [0, 0.05) is 4.90 Å². The number of thioether (sulfide) groups is 1. The zero-order valence-corrected chi connectivity index (χ0v) is 8.80. The SMILES string of the molecule is Cc1ccc(SCC2=NOCN2)cc1. The highest BCUT2D eigenvalue weighted by Gasteiger charge is 2.06. The van der Waals surface area contributed by atoms with Gasteiger partial charge in [0.15, 0.2) is 12.6 Å². The average Bonchev–Trinajstić information content (AvgIpc) is 2.70. The van der Waals surface area contributed by atoms with E-state index in [4.69, 9.17) is 4.84 Å². The molecule has 0 amide bonds. The molecule has 0 saturated heterocycles. The molecule has 3 nitrogen and oxygen atoms in total. The van der Waals surface area contributed by atoms with Gasteiger partial charge in [-0.3, -0.25) is 0 Å². The molecular formula is C10H12N2OS. The number of hydrogen-bond donors (Lipinski definition) is 1. The third-order valence-corrected chi connectivity index (χ3v) is 2.94. The van der Waals surface area contributed by atoms with Gasteiger partial charge in [0.1, 0.15) is 0 Å². The molecule has 14 heavy (non-hydrogen) atoms. The van der Waals surface area contributed by atoms with E-state index < -0.39 is 0 Å². The second-order valence-corrected chi connectivity index (χ2v) is 4.14. The van der Waals surface area contributed by atoms with Crippen LogP contribution in [0.3, 0.4) is 0 Å². The Morgan fingerprint density at radius 2 is 2.21 bits per heavy atom. The first-order valence-corrected chi connectivity index (χ1v) is 5.45. The summed E-state index contributed by atoms with van der Waals surface area (Å²) in [6.07, 6.45) is 0. The topological polar surface area (TPSA) is 33.6 Å². The van der Waals surface area contributed by atoms with Crippen molar-refractivity contribution in [2.24, 2.45) is 5.16 Å². The molecule has 4 heteroatoms. The molecule has 0 unspecified atom stereocenters. The third-order valence-electron chi connectivity index (χ3n) is 1.91. The molecule has 1 heterocycles. The van der Waals surface area contributed by atoms with Gasteiger partial charge in [0.2, 0.25) is 0 Å². The second kappa shape index (κ2) is 4.37. The van der Waals surface area contributed by atoms with Gasteiger partial charge >= 0.3 is 0 Å². The van der Waals surface area contributed by atoms with Gasteiger partial charge in [-0.25, -0.2) is 0 Å². The van der Waals surface area contributed by atoms with Crippen molar-refractivity contribution >= 4 is 17.6 Å². The molecule has 1 aliphatic heterocycles. The average molecular weight is 208 g/mol. The molecule has 0 saturated carbocycles. The lowest BCUT2D eigenvalue weighted by Crippen LogP contribution is -2.20. The Morgan fingerprint density at radius 1 is 1.43 bits per heavy atom. The smallest absolute Gasteiger partial charge is 0.188 e. The van der Waals surface area contributed by atoms with Gasteiger partial charge in [0.05, 0.1) is 5.75 Å². The number of benzene rings is 1. The summed E-state index contributed by atoms with van der Waals surface area (Å²) in [5.74, 6) is 1.75. The van der Waals surface area contributed by atoms with Gasteiger partial charge in [-0.2, -0.15) is 0 Å². The van der Waals surface area contributed by atoms with Gasteiger partial charge in [-0.05, 0) is 19.1 Å². The van der Waals surface area contributed by atoms with Crippen LogP contribution in [-0.2, 0) is 4.84 Å². The summed E-state index contributed by atoms with van der Waals surface area (Å²) < 4.78 is 0. The number of aryl methyl sites for hydroxylation is 1. The summed E-state index contributed by atoms with van der Waals surface area (Å²) in [7, 11) is 0. The Hall–Kier alpha value is -1.16. The van der Waals surface area contributed by atoms with Crippen molar-refractivity contribution in [1.29, 1.82) is 0 Å². The van der Waals surface area contributed by atoms with Crippen LogP contribution in [0.1, 0.15) is 5.56 Å². The van der Waals surface area contributed by atoms with Crippen molar-refractivity contribution < 1.29 is 4.84 Å². The highest BCUT2D eigenvalue weighted by molar-refractivity contribution is 8.00. The van der Waals surface area contributed by atoms with Crippen molar-refractivity contribution in [2.45, 2.75) is 11.8 Å². The van der Waals surface area contributed by atoms with Crippen LogP contribution in [0.4, 0.5) is 0 Å². The fraction of sp³-hybridized carbons (Fsp3) is 0.300. The lowest BCUT2D eigenvalue weighted by Gasteiger charge is -2.00. The van der Waals surface area contributed by atoms with Crippen LogP contribution in [0.5, 0.6) is 0 Å². The molecule has 0 bridgehead atoms. The number of amidine groups is 1. The number of oxime groups is 1. The standard InChI is InChI=1S/C10H12N2OS/c1-8-2-4-9(5-3-8)14-6-10-11-7-13-12-10/h2-5H,6-7H2,1H3,(H,11,12). The normalized spacial score (nSPS) is 14.5. The van der Waals surface area contributed by atoms with Crippen LogP contribution in [0.2, 0.25) is 0 Å². The first-order valence-electron chi connectivity index (χ1n) is 4.47. The minimum atomic E-state index is 0.504. The van der Waals surface area contributed by atoms with Gasteiger partial charge in [-0.15, -0.1) is 11.8 Å². The lowest BCUT2D eigenvalue weighted by atomic mass is 10.2. The van der Waals surface area contributed by atoms with Crippen LogP contribution in [0.25, 0.3) is 0 Å². The summed E-state index contributed by atoms with van der Waals surface area (Å²) in [4.78, 5) is 6.08. The van der Waals surface area contributed by atoms with E-state index in [1.165, 1.54) is 10.5 Å². The van der Waals surface area contributed by atoms with Gasteiger partial charge < -0.3 is 10.2 Å². The van der Waals surface area contributed by atoms with Crippen LogP contribution in [-0.4, -0.2) is 18.3 Å². The van der Waals surface area contributed by atoms with E-state index in [2.05, 4.69) is 41.7 Å². The number of rotatable bonds is 3. The largest absolute Gasteiger partial charge is 0.372 e. The van der Waals surface area contributed by atoms with E-state index in [1.807, 2.05) is 0 Å². The molecule has 0 aromatic heterocycles. The van der Waals surface area contributed by atoms with Gasteiger partial charge in [0.25, 0.3) is 0 Å². The third kappa shape index (κ3) is 2.42. The summed E-state index contributed by atoms with van der Waals surface area (Å²) in [6, 6.07) is 8.47. The Labute approximate surface area is 87.5 Å². The fourth-order valence-corrected chi connectivity index (χ4v) is 1.91. The molecule has 0 fully saturated rings. The summed E-state index contributed by atoms with van der Waals surface area (Å²) >= 11 is 1.75. The predicted octanol–water partition coefficient (Wildman–Crippen LogP) is 1.98. The predicted molar refractivity (Wildman–Crippen MR) is 58.4 cm³/mol. The maximum absolute atomic E-state index is 4.83. The van der Waals surface area contributed by atoms with Crippen molar-refractivity contribution in [2.75, 3.05) is 12.5 Å². The molecule has 74 valence electrons. The Balaban J connectivity index is 1.88. The fourth-order valence-electron chi connectivity index (χ4n) is 1.12. The maximum atomic E-state index is 4.83. The van der Waals surface area contributed by atoms with Crippen molar-refractivity contribution in [3.05, 3.63) is 29.8 Å². The van der Waals surface area contributed by atoms with Gasteiger partial charge in [-0.1, -0.05) is 22.9 Å². The van der Waals surface area contributed by atoms with Crippen molar-refractivity contribution in [3.63, 3.8) is 0 Å². The van der Waals surface area contributed by atoms with Crippen molar-refractivity contribution in [1.82, 2.24) is 5.32 Å². The first-order chi connectivity index (χ1) is 6.84. The minimum Gasteiger partial charge on any atom is -0.372 e. The van der Waals surface area contributed by atoms with E-state index in [0.717, 1.165) is 11.6 Å². The molecule has 1 aliphatic rings. The Morgan fingerprint density at radius 3 is 2.86 bits per heavy atom. The van der Waals surface area contributed by atoms with E-state index in [-0.39, 0.29) is 0 Å². The Bertz CT molecular complexity index is 334. The molecule has 0 aliphatic carbocycles. The zero-order chi connectivity index (χ0) is 9.80. The molecular weight excluding hydrogens is 196 g/mol. The second-order valence-electron chi connectivity index (χ2n) is 3.09. The number of nitrogens with one attached hydrogen (secondary N) is 1. The summed E-state index contributed by atoms with van der Waals surface area (Å²) in [6.45, 7) is 2.59. The first kappa shape index (κ1) is 9.40. The molecule has 0 spiro atoms. The van der Waals surface area contributed by atoms with Crippen molar-refractivity contribution in [3.8, 4) is 0 Å². The van der Waals surface area contributed by atoms with Crippen LogP contribution >= 0.6 is 11.8 Å². The monoisotopic (exact) mass is 208 g/mol.